The van der Waals surface area contributed by atoms with Gasteiger partial charge in [-0.05, 0) is 96.5 Å². The van der Waals surface area contributed by atoms with Gasteiger partial charge in [0.15, 0.2) is 0 Å². The van der Waals surface area contributed by atoms with Crippen LogP contribution in [-0.2, 0) is 9.53 Å². The summed E-state index contributed by atoms with van der Waals surface area (Å²) in [6, 6.07) is 0. The van der Waals surface area contributed by atoms with Crippen molar-refractivity contribution in [1.82, 2.24) is 0 Å². The van der Waals surface area contributed by atoms with E-state index in [1.165, 1.54) is 17.7 Å². The fourth-order valence-electron chi connectivity index (χ4n) is 6.77. The number of fused-ring (bicyclic) bond motifs is 1. The minimum absolute atomic E-state index is 0.191. The molecule has 3 fully saturated rings. The quantitative estimate of drug-likeness (QED) is 0.336. The Kier molecular flexibility index (Phi) is 8.71. The molecule has 0 aromatic carbocycles. The lowest BCUT2D eigenvalue weighted by molar-refractivity contribution is -0.158. The standard InChI is InChI=1S/C29H45FO5/c1-6-35-26(34)27(2,3)25(33)13-15-29(5,30)24-12-11-23-20(8-7-14-28(23,24)4)10-9-19-16-21(31)18-22(32)17-19/h9-10,13,15,21-25,31-33H,6-8,11-12,14,16-18H2,1-5H3/b15-13+,20-10+/t21-,22-,23+,24+,25+,28+,29-/m1/s1. The fraction of sp³-hybridized carbons (Fsp3) is 0.759. The van der Waals surface area contributed by atoms with E-state index in [1.54, 1.807) is 27.7 Å². The van der Waals surface area contributed by atoms with Gasteiger partial charge in [0.25, 0.3) is 0 Å². The summed E-state index contributed by atoms with van der Waals surface area (Å²) in [7, 11) is 0. The van der Waals surface area contributed by atoms with Gasteiger partial charge in [-0.25, -0.2) is 4.39 Å². The maximum atomic E-state index is 16.2. The molecule has 0 aromatic heterocycles. The maximum absolute atomic E-state index is 16.2. The average molecular weight is 493 g/mol. The molecule has 5 nitrogen and oxygen atoms in total. The number of aliphatic hydroxyl groups is 3. The number of allylic oxidation sites excluding steroid dienone is 4. The minimum Gasteiger partial charge on any atom is -0.465 e. The van der Waals surface area contributed by atoms with Crippen LogP contribution in [0.2, 0.25) is 0 Å². The maximum Gasteiger partial charge on any atom is 0.314 e. The molecule has 0 aromatic rings. The predicted octanol–water partition coefficient (Wildman–Crippen LogP) is 5.20. The van der Waals surface area contributed by atoms with Gasteiger partial charge in [-0.3, -0.25) is 4.79 Å². The first-order valence-electron chi connectivity index (χ1n) is 13.3. The fourth-order valence-corrected chi connectivity index (χ4v) is 6.77. The molecule has 35 heavy (non-hydrogen) atoms. The molecule has 3 N–H and O–H groups in total. The van der Waals surface area contributed by atoms with Crippen LogP contribution in [-0.4, -0.2) is 51.9 Å². The Labute approximate surface area is 210 Å². The van der Waals surface area contributed by atoms with Gasteiger partial charge in [0, 0.05) is 5.92 Å². The third-order valence-electron chi connectivity index (χ3n) is 8.86. The van der Waals surface area contributed by atoms with Crippen molar-refractivity contribution in [1.29, 1.82) is 0 Å². The number of esters is 1. The number of rotatable bonds is 7. The minimum atomic E-state index is -1.62. The Bertz CT molecular complexity index is 845. The summed E-state index contributed by atoms with van der Waals surface area (Å²) in [5, 5.41) is 30.6. The molecular formula is C29H45FO5. The number of hydrogen-bond donors (Lipinski definition) is 3. The van der Waals surface area contributed by atoms with E-state index in [4.69, 9.17) is 4.74 Å². The number of carbonyl (C=O) groups is 1. The van der Waals surface area contributed by atoms with E-state index in [9.17, 15) is 20.1 Å². The Morgan fingerprint density at radius 1 is 1.20 bits per heavy atom. The molecular weight excluding hydrogens is 447 g/mol. The van der Waals surface area contributed by atoms with E-state index in [0.29, 0.717) is 25.2 Å². The Morgan fingerprint density at radius 2 is 1.86 bits per heavy atom. The Balaban J connectivity index is 1.76. The molecule has 7 atom stereocenters. The second kappa shape index (κ2) is 10.9. The summed E-state index contributed by atoms with van der Waals surface area (Å²) in [4.78, 5) is 12.2. The third-order valence-corrected chi connectivity index (χ3v) is 8.86. The van der Waals surface area contributed by atoms with Gasteiger partial charge in [0.1, 0.15) is 5.67 Å². The predicted molar refractivity (Wildman–Crippen MR) is 135 cm³/mol. The van der Waals surface area contributed by atoms with Gasteiger partial charge < -0.3 is 20.1 Å². The summed E-state index contributed by atoms with van der Waals surface area (Å²) in [6.07, 6.45) is 11.3. The molecule has 3 rings (SSSR count). The van der Waals surface area contributed by atoms with E-state index in [2.05, 4.69) is 19.1 Å². The van der Waals surface area contributed by atoms with Crippen LogP contribution in [0.3, 0.4) is 0 Å². The SMILES string of the molecule is CCOC(=O)C(C)(C)[C@@H](O)/C=C/[C@@](C)(F)[C@H]1CC[C@H]2/C(=C/C=C3C[C@@H](O)C[C@H](O)C3)CCC[C@@]21C. The topological polar surface area (TPSA) is 87.0 Å². The summed E-state index contributed by atoms with van der Waals surface area (Å²) in [5.74, 6) is -0.399. The smallest absolute Gasteiger partial charge is 0.314 e. The summed E-state index contributed by atoms with van der Waals surface area (Å²) < 4.78 is 21.3. The van der Waals surface area contributed by atoms with Crippen molar-refractivity contribution in [2.24, 2.45) is 22.7 Å². The highest BCUT2D eigenvalue weighted by Crippen LogP contribution is 2.61. The van der Waals surface area contributed by atoms with Crippen LogP contribution in [0.4, 0.5) is 4.39 Å². The molecule has 3 saturated carbocycles. The zero-order valence-corrected chi connectivity index (χ0v) is 22.1. The second-order valence-electron chi connectivity index (χ2n) is 12.0. The van der Waals surface area contributed by atoms with Crippen LogP contribution in [0, 0.1) is 22.7 Å². The van der Waals surface area contributed by atoms with Crippen LogP contribution in [0.1, 0.15) is 86.0 Å². The third kappa shape index (κ3) is 6.08. The zero-order chi connectivity index (χ0) is 26.0. The average Bonchev–Trinajstić information content (AvgIpc) is 3.14. The summed E-state index contributed by atoms with van der Waals surface area (Å²) in [5.41, 5.74) is -0.551. The van der Waals surface area contributed by atoms with Crippen molar-refractivity contribution < 1.29 is 29.2 Å². The van der Waals surface area contributed by atoms with E-state index < -0.39 is 35.4 Å². The molecule has 198 valence electrons. The van der Waals surface area contributed by atoms with Gasteiger partial charge >= 0.3 is 5.97 Å². The number of alkyl halides is 1. The van der Waals surface area contributed by atoms with Crippen LogP contribution in [0.25, 0.3) is 0 Å². The molecule has 0 radical (unpaired) electrons. The molecule has 0 heterocycles. The van der Waals surface area contributed by atoms with Gasteiger partial charge in [-0.1, -0.05) is 36.3 Å². The molecule has 0 unspecified atom stereocenters. The molecule has 0 bridgehead atoms. The summed E-state index contributed by atoms with van der Waals surface area (Å²) in [6.45, 7) is 8.97. The van der Waals surface area contributed by atoms with Gasteiger partial charge in [-0.15, -0.1) is 0 Å². The van der Waals surface area contributed by atoms with Crippen LogP contribution in [0.15, 0.2) is 35.5 Å². The molecule has 0 saturated heterocycles. The van der Waals surface area contributed by atoms with Crippen LogP contribution >= 0.6 is 0 Å². The molecule has 3 aliphatic carbocycles. The molecule has 0 amide bonds. The highest BCUT2D eigenvalue weighted by atomic mass is 19.1. The number of carbonyl (C=O) groups excluding carboxylic acids is 1. The van der Waals surface area contributed by atoms with Crippen molar-refractivity contribution in [3.63, 3.8) is 0 Å². The van der Waals surface area contributed by atoms with E-state index >= 15 is 4.39 Å². The van der Waals surface area contributed by atoms with Crippen molar-refractivity contribution in [3.8, 4) is 0 Å². The zero-order valence-electron chi connectivity index (χ0n) is 22.1. The molecule has 3 aliphatic rings. The second-order valence-corrected chi connectivity index (χ2v) is 12.0. The van der Waals surface area contributed by atoms with Crippen molar-refractivity contribution in [3.05, 3.63) is 35.5 Å². The Hall–Kier alpha value is -1.50. The molecule has 0 spiro atoms. The van der Waals surface area contributed by atoms with Gasteiger partial charge in [0.2, 0.25) is 0 Å². The van der Waals surface area contributed by atoms with Gasteiger partial charge in [-0.2, -0.15) is 0 Å². The largest absolute Gasteiger partial charge is 0.465 e. The number of halogens is 1. The first kappa shape index (κ1) is 28.1. The lowest BCUT2D eigenvalue weighted by Gasteiger charge is -2.45. The molecule has 0 aliphatic heterocycles. The van der Waals surface area contributed by atoms with E-state index in [-0.39, 0.29) is 17.9 Å². The number of aliphatic hydroxyl groups excluding tert-OH is 3. The highest BCUT2D eigenvalue weighted by molar-refractivity contribution is 5.77. The first-order valence-corrected chi connectivity index (χ1v) is 13.3. The lowest BCUT2D eigenvalue weighted by Crippen LogP contribution is -2.42. The first-order chi connectivity index (χ1) is 16.3. The number of hydrogen-bond acceptors (Lipinski definition) is 5. The summed E-state index contributed by atoms with van der Waals surface area (Å²) >= 11 is 0. The lowest BCUT2D eigenvalue weighted by atomic mass is 9.60. The van der Waals surface area contributed by atoms with Crippen molar-refractivity contribution in [2.75, 3.05) is 6.61 Å². The van der Waals surface area contributed by atoms with E-state index in [1.807, 2.05) is 0 Å². The molecule has 6 heteroatoms. The van der Waals surface area contributed by atoms with E-state index in [0.717, 1.165) is 37.7 Å². The normalized spacial score (nSPS) is 35.6. The Morgan fingerprint density at radius 3 is 2.49 bits per heavy atom. The van der Waals surface area contributed by atoms with Crippen LogP contribution < -0.4 is 0 Å². The number of ether oxygens (including phenoxy) is 1. The van der Waals surface area contributed by atoms with Crippen molar-refractivity contribution >= 4 is 5.97 Å². The van der Waals surface area contributed by atoms with Gasteiger partial charge in [0.05, 0.1) is 30.3 Å². The van der Waals surface area contributed by atoms with Crippen LogP contribution in [0.5, 0.6) is 0 Å². The van der Waals surface area contributed by atoms with Crippen molar-refractivity contribution in [2.45, 2.75) is 110 Å². The monoisotopic (exact) mass is 492 g/mol. The highest BCUT2D eigenvalue weighted by Gasteiger charge is 2.55.